The summed E-state index contributed by atoms with van der Waals surface area (Å²) in [4.78, 5) is 1.22. The average molecular weight is 506 g/mol. The van der Waals surface area contributed by atoms with Gasteiger partial charge in [-0.1, -0.05) is 36.0 Å². The molecule has 0 aromatic heterocycles. The van der Waals surface area contributed by atoms with Crippen LogP contribution in [0.3, 0.4) is 0 Å². The van der Waals surface area contributed by atoms with Crippen LogP contribution in [0.4, 0.5) is 0 Å². The number of ether oxygens (including phenoxy) is 1. The molecule has 0 saturated carbocycles. The second-order valence-corrected chi connectivity index (χ2v) is 9.07. The monoisotopic (exact) mass is 506 g/mol. The van der Waals surface area contributed by atoms with Crippen molar-refractivity contribution in [3.63, 3.8) is 0 Å². The number of thioether (sulfide) groups is 1. The van der Waals surface area contributed by atoms with Gasteiger partial charge in [0.2, 0.25) is 0 Å². The third-order valence-corrected chi connectivity index (χ3v) is 6.66. The molecule has 1 unspecified atom stereocenters. The number of rotatable bonds is 0. The Labute approximate surface area is 150 Å². The van der Waals surface area contributed by atoms with E-state index in [9.17, 15) is 0 Å². The van der Waals surface area contributed by atoms with Crippen molar-refractivity contribution in [2.45, 2.75) is 29.1 Å². The first-order chi connectivity index (χ1) is 9.65. The van der Waals surface area contributed by atoms with Crippen molar-refractivity contribution in [3.8, 4) is 5.75 Å². The second-order valence-electron chi connectivity index (χ2n) is 5.28. The highest BCUT2D eigenvalue weighted by Crippen LogP contribution is 2.54. The van der Waals surface area contributed by atoms with E-state index in [0.29, 0.717) is 0 Å². The summed E-state index contributed by atoms with van der Waals surface area (Å²) in [6, 6.07) is 13.2. The minimum atomic E-state index is -0.0823. The highest BCUT2D eigenvalue weighted by atomic mass is 127. The molecule has 0 amide bonds. The molecule has 0 N–H and O–H groups in total. The molecule has 1 atom stereocenters. The van der Waals surface area contributed by atoms with Gasteiger partial charge in [0.15, 0.2) is 4.93 Å². The van der Waals surface area contributed by atoms with Gasteiger partial charge in [0.25, 0.3) is 0 Å². The molecule has 1 aliphatic carbocycles. The maximum atomic E-state index is 6.43. The van der Waals surface area contributed by atoms with Gasteiger partial charge in [-0.05, 0) is 74.9 Å². The normalized spacial score (nSPS) is 23.3. The minimum absolute atomic E-state index is 0.0823. The largest absolute Gasteiger partial charge is 0.474 e. The fraction of sp³-hybridized carbons (Fsp3) is 0.250. The summed E-state index contributed by atoms with van der Waals surface area (Å²) < 4.78 is 8.95. The lowest BCUT2D eigenvalue weighted by molar-refractivity contribution is 0.155. The highest BCUT2D eigenvalue weighted by Gasteiger charge is 2.43. The summed E-state index contributed by atoms with van der Waals surface area (Å²) in [5.74, 6) is 1.09. The fourth-order valence-corrected chi connectivity index (χ4v) is 6.71. The van der Waals surface area contributed by atoms with Crippen LogP contribution in [0.2, 0.25) is 0 Å². The van der Waals surface area contributed by atoms with E-state index in [4.69, 9.17) is 4.74 Å². The van der Waals surface area contributed by atoms with Crippen LogP contribution in [0.25, 0.3) is 0 Å². The Balaban J connectivity index is 1.72. The van der Waals surface area contributed by atoms with E-state index in [-0.39, 0.29) is 4.93 Å². The summed E-state index contributed by atoms with van der Waals surface area (Å²) in [5, 5.41) is 0. The van der Waals surface area contributed by atoms with Crippen molar-refractivity contribution < 1.29 is 4.74 Å². The fourth-order valence-electron chi connectivity index (χ4n) is 2.97. The predicted octanol–water partition coefficient (Wildman–Crippen LogP) is 5.27. The Kier molecular flexibility index (Phi) is 3.46. The Morgan fingerprint density at radius 1 is 1.10 bits per heavy atom. The summed E-state index contributed by atoms with van der Waals surface area (Å²) in [7, 11) is 0. The number of fused-ring (bicyclic) bond motifs is 2. The summed E-state index contributed by atoms with van der Waals surface area (Å²) in [5.41, 5.74) is 2.94. The van der Waals surface area contributed by atoms with Crippen LogP contribution in [-0.2, 0) is 12.8 Å². The molecule has 102 valence electrons. The van der Waals surface area contributed by atoms with Crippen molar-refractivity contribution in [1.82, 2.24) is 0 Å². The number of aryl methyl sites for hydroxylation is 1. The van der Waals surface area contributed by atoms with Crippen molar-refractivity contribution in [2.24, 2.45) is 0 Å². The van der Waals surface area contributed by atoms with Gasteiger partial charge in [-0.25, -0.2) is 0 Å². The Morgan fingerprint density at radius 2 is 1.90 bits per heavy atom. The molecule has 2 aromatic carbocycles. The van der Waals surface area contributed by atoms with Gasteiger partial charge in [0.1, 0.15) is 5.75 Å². The van der Waals surface area contributed by atoms with Gasteiger partial charge in [0.05, 0.1) is 8.47 Å². The Morgan fingerprint density at radius 3 is 2.75 bits per heavy atom. The topological polar surface area (TPSA) is 9.23 Å². The van der Waals surface area contributed by atoms with Gasteiger partial charge in [-0.2, -0.15) is 0 Å². The number of halogens is 2. The molecule has 1 nitrogen and oxygen atoms in total. The van der Waals surface area contributed by atoms with Gasteiger partial charge in [-0.3, -0.25) is 0 Å². The maximum absolute atomic E-state index is 6.43. The van der Waals surface area contributed by atoms with Crippen molar-refractivity contribution in [2.75, 3.05) is 0 Å². The van der Waals surface area contributed by atoms with Crippen molar-refractivity contribution >= 4 is 56.9 Å². The van der Waals surface area contributed by atoms with Gasteiger partial charge >= 0.3 is 0 Å². The van der Waals surface area contributed by atoms with Gasteiger partial charge in [-0.15, -0.1) is 0 Å². The smallest absolute Gasteiger partial charge is 0.163 e. The summed E-state index contributed by atoms with van der Waals surface area (Å²) >= 11 is 6.69. The van der Waals surface area contributed by atoms with E-state index < -0.39 is 0 Å². The first kappa shape index (κ1) is 13.7. The third-order valence-electron chi connectivity index (χ3n) is 3.91. The van der Waals surface area contributed by atoms with Crippen LogP contribution in [0, 0.1) is 7.14 Å². The second kappa shape index (κ2) is 5.05. The lowest BCUT2D eigenvalue weighted by Gasteiger charge is -2.33. The van der Waals surface area contributed by atoms with Crippen LogP contribution in [0.5, 0.6) is 5.75 Å². The standard InChI is InChI=1S/C16H12I2OS/c17-12-7-13(18)15-14(8-12)20-16(19-15)6-5-10-3-1-2-4-11(10)9-16/h1-4,7-8H,5-6,9H2. The summed E-state index contributed by atoms with van der Waals surface area (Å²) in [6.45, 7) is 0. The molecule has 0 bridgehead atoms. The lowest BCUT2D eigenvalue weighted by atomic mass is 9.89. The molecule has 1 spiro atoms. The molecular formula is C16H12I2OS. The molecule has 0 fully saturated rings. The van der Waals surface area contributed by atoms with Crippen molar-refractivity contribution in [3.05, 3.63) is 54.7 Å². The summed E-state index contributed by atoms with van der Waals surface area (Å²) in [6.07, 6.45) is 3.22. The van der Waals surface area contributed by atoms with Crippen LogP contribution >= 0.6 is 56.9 Å². The SMILES string of the molecule is Ic1cc(I)c2c(c1)SC1(CCc3ccccc3C1)O2. The Hall–Kier alpha value is 0.0500. The zero-order valence-corrected chi connectivity index (χ0v) is 15.8. The number of hydrogen-bond acceptors (Lipinski definition) is 2. The van der Waals surface area contributed by atoms with Crippen LogP contribution in [0.15, 0.2) is 41.3 Å². The Bertz CT molecular complexity index is 701. The predicted molar refractivity (Wildman–Crippen MR) is 99.6 cm³/mol. The van der Waals surface area contributed by atoms with Crippen LogP contribution < -0.4 is 4.74 Å². The van der Waals surface area contributed by atoms with E-state index in [0.717, 1.165) is 25.0 Å². The molecule has 0 saturated heterocycles. The van der Waals surface area contributed by atoms with E-state index in [2.05, 4.69) is 81.6 Å². The lowest BCUT2D eigenvalue weighted by Crippen LogP contribution is -2.35. The van der Waals surface area contributed by atoms with Crippen LogP contribution in [0.1, 0.15) is 17.5 Å². The first-order valence-electron chi connectivity index (χ1n) is 6.59. The number of hydrogen-bond donors (Lipinski definition) is 0. The van der Waals surface area contributed by atoms with E-state index in [1.807, 2.05) is 11.8 Å². The molecule has 20 heavy (non-hydrogen) atoms. The molecule has 1 aliphatic heterocycles. The zero-order valence-electron chi connectivity index (χ0n) is 10.7. The average Bonchev–Trinajstić information content (AvgIpc) is 2.77. The quantitative estimate of drug-likeness (QED) is 0.451. The molecular weight excluding hydrogens is 494 g/mol. The van der Waals surface area contributed by atoms with E-state index in [1.54, 1.807) is 0 Å². The van der Waals surface area contributed by atoms with E-state index >= 15 is 0 Å². The van der Waals surface area contributed by atoms with Crippen molar-refractivity contribution in [1.29, 1.82) is 0 Å². The van der Waals surface area contributed by atoms with Gasteiger partial charge < -0.3 is 4.74 Å². The third kappa shape index (κ3) is 2.27. The maximum Gasteiger partial charge on any atom is 0.163 e. The number of benzene rings is 2. The first-order valence-corrected chi connectivity index (χ1v) is 9.56. The van der Waals surface area contributed by atoms with Gasteiger partial charge in [0, 0.05) is 16.4 Å². The molecule has 4 heteroatoms. The molecule has 2 aromatic rings. The minimum Gasteiger partial charge on any atom is -0.474 e. The van der Waals surface area contributed by atoms with E-state index in [1.165, 1.54) is 23.2 Å². The molecule has 2 aliphatic rings. The van der Waals surface area contributed by atoms with Crippen LogP contribution in [-0.4, -0.2) is 4.93 Å². The zero-order chi connectivity index (χ0) is 13.7. The molecule has 0 radical (unpaired) electrons. The highest BCUT2D eigenvalue weighted by molar-refractivity contribution is 14.1. The molecule has 4 rings (SSSR count). The molecule has 1 heterocycles.